The molecule has 0 radical (unpaired) electrons. The average molecular weight is 370 g/mol. The summed E-state index contributed by atoms with van der Waals surface area (Å²) in [7, 11) is 1.49. The lowest BCUT2D eigenvalue weighted by Gasteiger charge is -2.07. The van der Waals surface area contributed by atoms with Crippen LogP contribution in [0, 0.1) is 0 Å². The van der Waals surface area contributed by atoms with Gasteiger partial charge in [0.15, 0.2) is 5.76 Å². The number of furan rings is 1. The molecule has 0 saturated heterocycles. The highest BCUT2D eigenvalue weighted by Crippen LogP contribution is 2.32. The summed E-state index contributed by atoms with van der Waals surface area (Å²) in [4.78, 5) is 23.5. The Balaban J connectivity index is 1.99. The van der Waals surface area contributed by atoms with Crippen LogP contribution >= 0.6 is 0 Å². The molecule has 0 aliphatic heterocycles. The van der Waals surface area contributed by atoms with Crippen molar-refractivity contribution in [2.24, 2.45) is 0 Å². The molecule has 2 N–H and O–H groups in total. The van der Waals surface area contributed by atoms with Gasteiger partial charge in [0, 0.05) is 19.2 Å². The Morgan fingerprint density at radius 1 is 1.15 bits per heavy atom. The number of benzene rings is 1. The van der Waals surface area contributed by atoms with E-state index in [-0.39, 0.29) is 23.6 Å². The molecule has 0 spiro atoms. The van der Waals surface area contributed by atoms with Crippen LogP contribution in [-0.4, -0.2) is 38.6 Å². The molecule has 0 fully saturated rings. The molecule has 0 atom stereocenters. The summed E-state index contributed by atoms with van der Waals surface area (Å²) in [5.41, 5.74) is -0.624. The lowest BCUT2D eigenvalue weighted by atomic mass is 10.1. The van der Waals surface area contributed by atoms with Gasteiger partial charge in [0.1, 0.15) is 5.76 Å². The second-order valence-corrected chi connectivity index (χ2v) is 5.27. The first-order valence-corrected chi connectivity index (χ1v) is 7.62. The van der Waals surface area contributed by atoms with Gasteiger partial charge in [-0.2, -0.15) is 13.2 Å². The van der Waals surface area contributed by atoms with Gasteiger partial charge in [-0.3, -0.25) is 9.59 Å². The summed E-state index contributed by atoms with van der Waals surface area (Å²) in [6.45, 7) is 0.395. The van der Waals surface area contributed by atoms with Crippen LogP contribution in [-0.2, 0) is 15.7 Å². The van der Waals surface area contributed by atoms with Crippen LogP contribution in [0.5, 0.6) is 0 Å². The number of ether oxygens (including phenoxy) is 1. The normalized spacial score (nSPS) is 11.2. The quantitative estimate of drug-likeness (QED) is 0.734. The molecular weight excluding hydrogens is 353 g/mol. The third-order valence-electron chi connectivity index (χ3n) is 3.34. The SMILES string of the molecule is COCCNC(=O)CNC(=O)c1ccc(-c2cccc(C(F)(F)F)c2)o1. The van der Waals surface area contributed by atoms with Gasteiger partial charge in [-0.25, -0.2) is 0 Å². The fourth-order valence-electron chi connectivity index (χ4n) is 2.07. The van der Waals surface area contributed by atoms with Crippen molar-refractivity contribution in [2.75, 3.05) is 26.8 Å². The summed E-state index contributed by atoms with van der Waals surface area (Å²) in [5.74, 6) is -1.04. The lowest BCUT2D eigenvalue weighted by Crippen LogP contribution is -2.38. The third kappa shape index (κ3) is 5.35. The Labute approximate surface area is 147 Å². The topological polar surface area (TPSA) is 80.6 Å². The minimum Gasteiger partial charge on any atom is -0.451 e. The molecule has 1 aromatic heterocycles. The van der Waals surface area contributed by atoms with Crippen molar-refractivity contribution in [3.8, 4) is 11.3 Å². The molecule has 140 valence electrons. The van der Waals surface area contributed by atoms with Crippen molar-refractivity contribution >= 4 is 11.8 Å². The van der Waals surface area contributed by atoms with Crippen molar-refractivity contribution < 1.29 is 31.9 Å². The maximum Gasteiger partial charge on any atom is 0.416 e. The first-order valence-electron chi connectivity index (χ1n) is 7.62. The molecule has 0 aliphatic rings. The van der Waals surface area contributed by atoms with Crippen LogP contribution in [0.15, 0.2) is 40.8 Å². The Bertz CT molecular complexity index is 771. The van der Waals surface area contributed by atoms with Crippen LogP contribution in [0.3, 0.4) is 0 Å². The van der Waals surface area contributed by atoms with Crippen LogP contribution < -0.4 is 10.6 Å². The monoisotopic (exact) mass is 370 g/mol. The molecule has 0 saturated carbocycles. The predicted octanol–water partition coefficient (Wildman–Crippen LogP) is 2.46. The number of nitrogens with one attached hydrogen (secondary N) is 2. The number of amides is 2. The molecule has 9 heteroatoms. The molecule has 0 aliphatic carbocycles. The highest BCUT2D eigenvalue weighted by molar-refractivity contribution is 5.94. The molecule has 2 rings (SSSR count). The lowest BCUT2D eigenvalue weighted by molar-refractivity contribution is -0.137. The number of carbonyl (C=O) groups excluding carboxylic acids is 2. The number of hydrogen-bond donors (Lipinski definition) is 2. The molecule has 0 unspecified atom stereocenters. The fourth-order valence-corrected chi connectivity index (χ4v) is 2.07. The number of hydrogen-bond acceptors (Lipinski definition) is 4. The van der Waals surface area contributed by atoms with E-state index in [1.54, 1.807) is 0 Å². The zero-order valence-corrected chi connectivity index (χ0v) is 13.9. The van der Waals surface area contributed by atoms with Crippen molar-refractivity contribution in [2.45, 2.75) is 6.18 Å². The number of halogens is 3. The van der Waals surface area contributed by atoms with Crippen molar-refractivity contribution in [3.05, 3.63) is 47.7 Å². The van der Waals surface area contributed by atoms with E-state index in [9.17, 15) is 22.8 Å². The molecule has 1 aromatic carbocycles. The van der Waals surface area contributed by atoms with E-state index in [1.807, 2.05) is 0 Å². The van der Waals surface area contributed by atoms with Gasteiger partial charge in [0.25, 0.3) is 5.91 Å². The maximum atomic E-state index is 12.8. The molecule has 26 heavy (non-hydrogen) atoms. The van der Waals surface area contributed by atoms with E-state index < -0.39 is 23.6 Å². The van der Waals surface area contributed by atoms with Gasteiger partial charge in [0.05, 0.1) is 18.7 Å². The Morgan fingerprint density at radius 2 is 1.92 bits per heavy atom. The van der Waals surface area contributed by atoms with Crippen molar-refractivity contribution in [1.29, 1.82) is 0 Å². The molecule has 2 amide bonds. The van der Waals surface area contributed by atoms with Gasteiger partial charge >= 0.3 is 6.18 Å². The Morgan fingerprint density at radius 3 is 2.62 bits per heavy atom. The molecule has 0 bridgehead atoms. The molecule has 6 nitrogen and oxygen atoms in total. The Hall–Kier alpha value is -2.81. The largest absolute Gasteiger partial charge is 0.451 e. The minimum atomic E-state index is -4.47. The van der Waals surface area contributed by atoms with Crippen LogP contribution in [0.2, 0.25) is 0 Å². The van der Waals surface area contributed by atoms with E-state index >= 15 is 0 Å². The van der Waals surface area contributed by atoms with E-state index in [1.165, 1.54) is 31.4 Å². The molecular formula is C17H17F3N2O4. The van der Waals surface area contributed by atoms with Gasteiger partial charge in [-0.15, -0.1) is 0 Å². The van der Waals surface area contributed by atoms with Gasteiger partial charge in [0.2, 0.25) is 5.91 Å². The van der Waals surface area contributed by atoms with E-state index in [0.29, 0.717) is 13.2 Å². The van der Waals surface area contributed by atoms with Crippen LogP contribution in [0.25, 0.3) is 11.3 Å². The number of alkyl halides is 3. The second-order valence-electron chi connectivity index (χ2n) is 5.27. The maximum absolute atomic E-state index is 12.8. The number of carbonyl (C=O) groups is 2. The summed E-state index contributed by atoms with van der Waals surface area (Å²) in [5, 5.41) is 4.89. The predicted molar refractivity (Wildman–Crippen MR) is 86.4 cm³/mol. The zero-order chi connectivity index (χ0) is 19.2. The van der Waals surface area contributed by atoms with Gasteiger partial charge in [-0.1, -0.05) is 12.1 Å². The first-order chi connectivity index (χ1) is 12.3. The summed E-state index contributed by atoms with van der Waals surface area (Å²) >= 11 is 0. The minimum absolute atomic E-state index is 0.109. The average Bonchev–Trinajstić information content (AvgIpc) is 3.09. The summed E-state index contributed by atoms with van der Waals surface area (Å²) in [6.07, 6.45) is -4.47. The Kier molecular flexibility index (Phi) is 6.40. The zero-order valence-electron chi connectivity index (χ0n) is 13.9. The second kappa shape index (κ2) is 8.52. The highest BCUT2D eigenvalue weighted by Gasteiger charge is 2.30. The molecule has 2 aromatic rings. The number of methoxy groups -OCH3 is 1. The van der Waals surface area contributed by atoms with E-state index in [2.05, 4.69) is 10.6 Å². The van der Waals surface area contributed by atoms with Crippen LogP contribution in [0.4, 0.5) is 13.2 Å². The van der Waals surface area contributed by atoms with Crippen molar-refractivity contribution in [3.63, 3.8) is 0 Å². The van der Waals surface area contributed by atoms with E-state index in [0.717, 1.165) is 12.1 Å². The van der Waals surface area contributed by atoms with Crippen LogP contribution in [0.1, 0.15) is 16.1 Å². The smallest absolute Gasteiger partial charge is 0.416 e. The fraction of sp³-hybridized carbons (Fsp3) is 0.294. The van der Waals surface area contributed by atoms with Gasteiger partial charge in [-0.05, 0) is 24.3 Å². The van der Waals surface area contributed by atoms with Gasteiger partial charge < -0.3 is 19.8 Å². The highest BCUT2D eigenvalue weighted by atomic mass is 19.4. The first kappa shape index (κ1) is 19.5. The van der Waals surface area contributed by atoms with Crippen molar-refractivity contribution in [1.82, 2.24) is 10.6 Å². The summed E-state index contributed by atoms with van der Waals surface area (Å²) < 4.78 is 48.4. The molecule has 1 heterocycles. The summed E-state index contributed by atoms with van der Waals surface area (Å²) in [6, 6.07) is 7.30. The third-order valence-corrected chi connectivity index (χ3v) is 3.34. The number of rotatable bonds is 7. The standard InChI is InChI=1S/C17H17F3N2O4/c1-25-8-7-21-15(23)10-22-16(24)14-6-5-13(26-14)11-3-2-4-12(9-11)17(18,19)20/h2-6,9H,7-8,10H2,1H3,(H,21,23)(H,22,24). The van der Waals surface area contributed by atoms with E-state index in [4.69, 9.17) is 9.15 Å².